The van der Waals surface area contributed by atoms with Gasteiger partial charge in [-0.3, -0.25) is 32.7 Å². The molecular formula is C24H32N4O14P2. The molecule has 0 spiro atoms. The zero-order chi connectivity index (χ0) is 32.2. The smallest absolute Gasteiger partial charge is 0.390 e. The minimum atomic E-state index is -5.25. The highest BCUT2D eigenvalue weighted by Crippen LogP contribution is 2.63. The van der Waals surface area contributed by atoms with Crippen LogP contribution < -0.4 is 11.5 Å². The number of Topliss-reactive ketones (excluding diaryl/α,β-unsaturated/α-hetero) is 2. The first-order valence-corrected chi connectivity index (χ1v) is 16.1. The molecule has 0 radical (unpaired) electrons. The average Bonchev–Trinajstić information content (AvgIpc) is 3.47. The fourth-order valence-electron chi connectivity index (χ4n) is 4.56. The molecule has 242 valence electrons. The number of nitrogens with two attached hydrogens (primary N) is 2. The van der Waals surface area contributed by atoms with Gasteiger partial charge in [0.25, 0.3) is 5.78 Å². The van der Waals surface area contributed by atoms with Gasteiger partial charge in [0, 0.05) is 49.8 Å². The molecule has 2 fully saturated rings. The molecule has 2 amide bonds. The van der Waals surface area contributed by atoms with E-state index >= 15 is 0 Å². The molecule has 0 bridgehead atoms. The quantitative estimate of drug-likeness (QED) is 0.134. The van der Waals surface area contributed by atoms with Gasteiger partial charge in [-0.1, -0.05) is 12.2 Å². The summed E-state index contributed by atoms with van der Waals surface area (Å²) in [5.74, 6) is -3.40. The van der Waals surface area contributed by atoms with Crippen LogP contribution in [0.15, 0.2) is 48.1 Å². The van der Waals surface area contributed by atoms with Crippen molar-refractivity contribution in [2.24, 2.45) is 11.5 Å². The maximum atomic E-state index is 12.9. The van der Waals surface area contributed by atoms with E-state index < -0.39 is 82.9 Å². The Morgan fingerprint density at radius 3 is 2.32 bits per heavy atom. The molecule has 4 rings (SSSR count). The molecular weight excluding hydrogens is 630 g/mol. The van der Waals surface area contributed by atoms with Crippen molar-refractivity contribution in [2.75, 3.05) is 26.9 Å². The first-order chi connectivity index (χ1) is 20.7. The van der Waals surface area contributed by atoms with Gasteiger partial charge in [0.1, 0.15) is 6.10 Å². The minimum absolute atomic E-state index is 0.153. The topological polar surface area (TPSA) is 257 Å². The molecule has 4 aliphatic heterocycles. The SMILES string of the molecule is COP(=O)(OC[C@H]1OC(CN2C=CCC(C(N)=O)=C2)C[C@@H]1O)OP(=O)(O)OC[C@H]1O[C@@H](N2C=CCC(C(N)=O)=C2)C(=O)C1=O. The number of amides is 2. The van der Waals surface area contributed by atoms with Crippen molar-refractivity contribution in [1.82, 2.24) is 9.80 Å². The van der Waals surface area contributed by atoms with Crippen LogP contribution in [0, 0.1) is 0 Å². The van der Waals surface area contributed by atoms with E-state index in [4.69, 9.17) is 30.0 Å². The molecule has 4 heterocycles. The maximum absolute atomic E-state index is 12.9. The summed E-state index contributed by atoms with van der Waals surface area (Å²) in [5.41, 5.74) is 11.1. The molecule has 3 unspecified atom stereocenters. The van der Waals surface area contributed by atoms with E-state index in [0.717, 1.165) is 12.0 Å². The third-order valence-electron chi connectivity index (χ3n) is 6.76. The third-order valence-corrected chi connectivity index (χ3v) is 9.77. The van der Waals surface area contributed by atoms with Crippen LogP contribution in [-0.4, -0.2) is 101 Å². The number of carbonyl (C=O) groups is 4. The van der Waals surface area contributed by atoms with E-state index in [2.05, 4.69) is 8.83 Å². The number of ether oxygens (including phenoxy) is 2. The Kier molecular flexibility index (Phi) is 10.7. The largest absolute Gasteiger partial charge is 0.483 e. The van der Waals surface area contributed by atoms with Gasteiger partial charge in [-0.2, -0.15) is 4.31 Å². The second kappa shape index (κ2) is 14.0. The molecule has 0 aliphatic carbocycles. The standard InChI is InChI=1S/C24H32N4O14P2/c1-37-44(36,39-12-18-17(29)8-16(40-18)11-27-6-2-4-14(9-27)22(25)32)42-43(34,35)38-13-19-20(30)21(31)24(41-19)28-7-3-5-15(10-28)23(26)33/h2-3,6-7,9-10,16-19,24,29H,4-5,8,11-13H2,1H3,(H2,25,32)(H2,26,33)(H,34,35)/t16?,17-,18+,19+,24+,44?/m0/s1. The summed E-state index contributed by atoms with van der Waals surface area (Å²) in [6.45, 7) is -1.28. The van der Waals surface area contributed by atoms with E-state index in [1.54, 1.807) is 23.4 Å². The number of hydrogen-bond donors (Lipinski definition) is 4. The van der Waals surface area contributed by atoms with E-state index in [0.29, 0.717) is 12.0 Å². The third kappa shape index (κ3) is 8.37. The summed E-state index contributed by atoms with van der Waals surface area (Å²) in [6.07, 6.45) is 4.17. The Hall–Kier alpha value is -3.02. The highest BCUT2D eigenvalue weighted by atomic mass is 31.3. The zero-order valence-corrected chi connectivity index (χ0v) is 25.1. The highest BCUT2D eigenvalue weighted by molar-refractivity contribution is 7.61. The second-order valence-corrected chi connectivity index (χ2v) is 13.3. The molecule has 0 aromatic rings. The molecule has 20 heteroatoms. The number of nitrogens with zero attached hydrogens (tertiary/aromatic N) is 2. The zero-order valence-electron chi connectivity index (χ0n) is 23.3. The first kappa shape index (κ1) is 33.9. The van der Waals surface area contributed by atoms with Crippen LogP contribution in [0.2, 0.25) is 0 Å². The number of ketones is 2. The van der Waals surface area contributed by atoms with Crippen molar-refractivity contribution >= 4 is 39.0 Å². The van der Waals surface area contributed by atoms with Crippen molar-refractivity contribution < 1.29 is 65.7 Å². The van der Waals surface area contributed by atoms with Gasteiger partial charge in [0.05, 0.1) is 25.4 Å². The number of allylic oxidation sites excluding steroid dienone is 2. The summed E-state index contributed by atoms with van der Waals surface area (Å²) in [5, 5.41) is 10.4. The van der Waals surface area contributed by atoms with E-state index in [1.807, 2.05) is 0 Å². The highest BCUT2D eigenvalue weighted by Gasteiger charge is 2.47. The summed E-state index contributed by atoms with van der Waals surface area (Å²) in [6, 6.07) is 0. The van der Waals surface area contributed by atoms with Crippen molar-refractivity contribution in [2.45, 2.75) is 49.9 Å². The fourth-order valence-corrected chi connectivity index (χ4v) is 6.97. The lowest BCUT2D eigenvalue weighted by molar-refractivity contribution is -0.136. The molecule has 4 aliphatic rings. The Morgan fingerprint density at radius 1 is 1.00 bits per heavy atom. The molecule has 18 nitrogen and oxygen atoms in total. The molecule has 6 N–H and O–H groups in total. The van der Waals surface area contributed by atoms with Crippen LogP contribution in [-0.2, 0) is 55.7 Å². The number of primary amides is 2. The van der Waals surface area contributed by atoms with Crippen molar-refractivity contribution in [3.05, 3.63) is 48.1 Å². The molecule has 2 saturated heterocycles. The number of aliphatic hydroxyl groups is 1. The van der Waals surface area contributed by atoms with Gasteiger partial charge in [0.15, 0.2) is 6.10 Å². The van der Waals surface area contributed by atoms with Crippen LogP contribution in [0.3, 0.4) is 0 Å². The van der Waals surface area contributed by atoms with Gasteiger partial charge in [0.2, 0.25) is 23.8 Å². The van der Waals surface area contributed by atoms with Gasteiger partial charge in [-0.15, -0.1) is 0 Å². The maximum Gasteiger partial charge on any atom is 0.483 e. The van der Waals surface area contributed by atoms with Crippen molar-refractivity contribution in [3.63, 3.8) is 0 Å². The lowest BCUT2D eigenvalue weighted by Gasteiger charge is -2.25. The molecule has 0 aromatic heterocycles. The van der Waals surface area contributed by atoms with Crippen molar-refractivity contribution in [3.8, 4) is 0 Å². The lowest BCUT2D eigenvalue weighted by atomic mass is 10.1. The molecule has 44 heavy (non-hydrogen) atoms. The number of phosphoric acid groups is 2. The number of rotatable bonds is 14. The monoisotopic (exact) mass is 662 g/mol. The average molecular weight is 662 g/mol. The number of aliphatic hydroxyl groups excluding tert-OH is 1. The Morgan fingerprint density at radius 2 is 1.66 bits per heavy atom. The van der Waals surface area contributed by atoms with Crippen LogP contribution in [0.5, 0.6) is 0 Å². The Labute approximate surface area is 251 Å². The minimum Gasteiger partial charge on any atom is -0.390 e. The first-order valence-electron chi connectivity index (χ1n) is 13.1. The number of hydrogen-bond acceptors (Lipinski definition) is 15. The van der Waals surface area contributed by atoms with Crippen LogP contribution in [0.4, 0.5) is 0 Å². The summed E-state index contributed by atoms with van der Waals surface area (Å²) in [4.78, 5) is 60.7. The second-order valence-electron chi connectivity index (χ2n) is 9.94. The summed E-state index contributed by atoms with van der Waals surface area (Å²) < 4.78 is 55.7. The molecule has 0 saturated carbocycles. The van der Waals surface area contributed by atoms with E-state index in [-0.39, 0.29) is 25.0 Å². The fraction of sp³-hybridized carbons (Fsp3) is 0.500. The van der Waals surface area contributed by atoms with Gasteiger partial charge in [-0.05, 0) is 19.0 Å². The number of phosphoric ester groups is 2. The van der Waals surface area contributed by atoms with Crippen LogP contribution in [0.25, 0.3) is 0 Å². The predicted molar refractivity (Wildman–Crippen MR) is 146 cm³/mol. The Bertz CT molecular complexity index is 1400. The normalized spacial score (nSPS) is 29.8. The number of carbonyl (C=O) groups excluding carboxylic acids is 4. The van der Waals surface area contributed by atoms with E-state index in [1.165, 1.54) is 18.5 Å². The van der Waals surface area contributed by atoms with Crippen LogP contribution in [0.1, 0.15) is 19.3 Å². The van der Waals surface area contributed by atoms with E-state index in [9.17, 15) is 38.3 Å². The lowest BCUT2D eigenvalue weighted by Crippen LogP contribution is -2.35. The Balaban J connectivity index is 1.28. The van der Waals surface area contributed by atoms with Gasteiger partial charge < -0.3 is 40.7 Å². The van der Waals surface area contributed by atoms with Gasteiger partial charge in [-0.25, -0.2) is 9.13 Å². The molecule has 0 aromatic carbocycles. The predicted octanol–water partition coefficient (Wildman–Crippen LogP) is -0.550. The van der Waals surface area contributed by atoms with Gasteiger partial charge >= 0.3 is 15.6 Å². The van der Waals surface area contributed by atoms with Crippen molar-refractivity contribution in [1.29, 1.82) is 0 Å². The summed E-state index contributed by atoms with van der Waals surface area (Å²) >= 11 is 0. The summed E-state index contributed by atoms with van der Waals surface area (Å²) in [7, 11) is -9.17. The van der Waals surface area contributed by atoms with Crippen LogP contribution >= 0.6 is 15.6 Å². The molecule has 7 atom stereocenters.